The van der Waals surface area contributed by atoms with Crippen LogP contribution in [-0.2, 0) is 17.6 Å². The second-order valence-electron chi connectivity index (χ2n) is 8.23. The van der Waals surface area contributed by atoms with Gasteiger partial charge in [0, 0.05) is 16.2 Å². The first-order valence-electron chi connectivity index (χ1n) is 10.5. The Kier molecular flexibility index (Phi) is 5.41. The monoisotopic (exact) mass is 439 g/mol. The number of benzene rings is 1. The summed E-state index contributed by atoms with van der Waals surface area (Å²) in [5.41, 5.74) is 2.11. The molecule has 1 atom stereocenters. The first kappa shape index (κ1) is 19.8. The summed E-state index contributed by atoms with van der Waals surface area (Å²) in [5, 5.41) is 5.14. The summed E-state index contributed by atoms with van der Waals surface area (Å²) in [6, 6.07) is 7.48. The van der Waals surface area contributed by atoms with Crippen LogP contribution in [-0.4, -0.2) is 28.7 Å². The standard InChI is InChI=1S/C23H25N3O2S2/c1-13-7-10-15-18(11-13)30-23-20(15)22(25-21(26-23)14-8-9-14)29-12-19(27)24-16-5-3-4-6-17(16)28-2/h3-6,13-14H,7-12H2,1-2H3,(H,24,27)/t13-/m0/s1. The third kappa shape index (κ3) is 3.93. The first-order valence-corrected chi connectivity index (χ1v) is 12.3. The summed E-state index contributed by atoms with van der Waals surface area (Å²) in [5.74, 6) is 3.11. The van der Waals surface area contributed by atoms with Gasteiger partial charge in [-0.05, 0) is 55.7 Å². The molecule has 0 unspecified atom stereocenters. The van der Waals surface area contributed by atoms with Gasteiger partial charge in [0.15, 0.2) is 0 Å². The number of ether oxygens (including phenoxy) is 1. The molecular formula is C23H25N3O2S2. The van der Waals surface area contributed by atoms with Gasteiger partial charge in [-0.25, -0.2) is 9.97 Å². The number of hydrogen-bond acceptors (Lipinski definition) is 6. The molecule has 2 aliphatic carbocycles. The number of thioether (sulfide) groups is 1. The predicted octanol–water partition coefficient (Wildman–Crippen LogP) is 5.43. The lowest BCUT2D eigenvalue weighted by molar-refractivity contribution is -0.113. The maximum atomic E-state index is 12.7. The topological polar surface area (TPSA) is 64.1 Å². The van der Waals surface area contributed by atoms with Gasteiger partial charge in [-0.3, -0.25) is 4.79 Å². The molecule has 5 nitrogen and oxygen atoms in total. The predicted molar refractivity (Wildman–Crippen MR) is 123 cm³/mol. The number of thiophene rings is 1. The van der Waals surface area contributed by atoms with E-state index >= 15 is 0 Å². The molecule has 5 rings (SSSR count). The first-order chi connectivity index (χ1) is 14.6. The molecule has 7 heteroatoms. The molecule has 156 valence electrons. The van der Waals surface area contributed by atoms with Crippen LogP contribution in [0.25, 0.3) is 10.2 Å². The summed E-state index contributed by atoms with van der Waals surface area (Å²) in [6.45, 7) is 2.33. The van der Waals surface area contributed by atoms with Gasteiger partial charge in [0.25, 0.3) is 0 Å². The van der Waals surface area contributed by atoms with Crippen LogP contribution in [0.3, 0.4) is 0 Å². The lowest BCUT2D eigenvalue weighted by Crippen LogP contribution is -2.15. The minimum atomic E-state index is -0.0537. The second-order valence-corrected chi connectivity index (χ2v) is 10.3. The molecule has 1 N–H and O–H groups in total. The van der Waals surface area contributed by atoms with Gasteiger partial charge in [0.1, 0.15) is 21.4 Å². The molecule has 0 radical (unpaired) electrons. The van der Waals surface area contributed by atoms with E-state index in [4.69, 9.17) is 14.7 Å². The van der Waals surface area contributed by atoms with Crippen molar-refractivity contribution in [1.82, 2.24) is 9.97 Å². The summed E-state index contributed by atoms with van der Waals surface area (Å²) >= 11 is 3.37. The Morgan fingerprint density at radius 3 is 2.90 bits per heavy atom. The zero-order valence-electron chi connectivity index (χ0n) is 17.2. The van der Waals surface area contributed by atoms with Crippen LogP contribution in [0, 0.1) is 5.92 Å². The number of methoxy groups -OCH3 is 1. The zero-order chi connectivity index (χ0) is 20.7. The molecule has 1 aromatic carbocycles. The maximum Gasteiger partial charge on any atom is 0.234 e. The van der Waals surface area contributed by atoms with Gasteiger partial charge in [-0.1, -0.05) is 30.8 Å². The molecule has 2 heterocycles. The summed E-state index contributed by atoms with van der Waals surface area (Å²) in [4.78, 5) is 25.1. The van der Waals surface area contributed by atoms with Crippen LogP contribution < -0.4 is 10.1 Å². The molecule has 30 heavy (non-hydrogen) atoms. The SMILES string of the molecule is COc1ccccc1NC(=O)CSc1nc(C2CC2)nc2sc3c(c12)CC[C@H](C)C3. The third-order valence-electron chi connectivity index (χ3n) is 5.80. The van der Waals surface area contributed by atoms with Crippen LogP contribution >= 0.6 is 23.1 Å². The van der Waals surface area contributed by atoms with E-state index in [1.54, 1.807) is 7.11 Å². The van der Waals surface area contributed by atoms with Crippen molar-refractivity contribution in [2.24, 2.45) is 5.92 Å². The molecule has 0 spiro atoms. The van der Waals surface area contributed by atoms with E-state index in [2.05, 4.69) is 12.2 Å². The number of amides is 1. The van der Waals surface area contributed by atoms with Gasteiger partial charge in [-0.15, -0.1) is 11.3 Å². The van der Waals surface area contributed by atoms with Crippen molar-refractivity contribution in [3.8, 4) is 5.75 Å². The number of carbonyl (C=O) groups is 1. The minimum Gasteiger partial charge on any atom is -0.495 e. The maximum absolute atomic E-state index is 12.7. The molecule has 1 fully saturated rings. The fourth-order valence-corrected chi connectivity index (χ4v) is 6.34. The van der Waals surface area contributed by atoms with E-state index in [1.165, 1.54) is 46.9 Å². The van der Waals surface area contributed by atoms with Crippen molar-refractivity contribution in [3.05, 3.63) is 40.5 Å². The van der Waals surface area contributed by atoms with Gasteiger partial charge in [-0.2, -0.15) is 0 Å². The number of carbonyl (C=O) groups excluding carboxylic acids is 1. The fraction of sp³-hybridized carbons (Fsp3) is 0.435. The number of nitrogens with one attached hydrogen (secondary N) is 1. The number of rotatable bonds is 6. The Morgan fingerprint density at radius 2 is 2.10 bits per heavy atom. The highest BCUT2D eigenvalue weighted by Gasteiger charge is 2.30. The second kappa shape index (κ2) is 8.19. The molecule has 2 aliphatic rings. The summed E-state index contributed by atoms with van der Waals surface area (Å²) in [7, 11) is 1.61. The molecule has 0 aliphatic heterocycles. The van der Waals surface area contributed by atoms with E-state index in [0.29, 0.717) is 23.1 Å². The normalized spacial score (nSPS) is 18.3. The van der Waals surface area contributed by atoms with E-state index in [1.807, 2.05) is 35.6 Å². The van der Waals surface area contributed by atoms with E-state index in [0.717, 1.165) is 34.4 Å². The Balaban J connectivity index is 1.41. The highest BCUT2D eigenvalue weighted by Crippen LogP contribution is 2.44. The van der Waals surface area contributed by atoms with Crippen LogP contribution in [0.1, 0.15) is 48.4 Å². The number of aromatic nitrogens is 2. The Bertz CT molecular complexity index is 1110. The van der Waals surface area contributed by atoms with Crippen molar-refractivity contribution in [3.63, 3.8) is 0 Å². The molecule has 2 aromatic heterocycles. The fourth-order valence-electron chi connectivity index (χ4n) is 4.02. The Labute approximate surface area is 184 Å². The van der Waals surface area contributed by atoms with Gasteiger partial charge >= 0.3 is 0 Å². The molecule has 1 amide bonds. The lowest BCUT2D eigenvalue weighted by atomic mass is 9.89. The van der Waals surface area contributed by atoms with Gasteiger partial charge in [0.05, 0.1) is 18.6 Å². The number of anilines is 1. The molecule has 0 bridgehead atoms. The van der Waals surface area contributed by atoms with E-state index in [-0.39, 0.29) is 5.91 Å². The smallest absolute Gasteiger partial charge is 0.234 e. The third-order valence-corrected chi connectivity index (χ3v) is 7.93. The van der Waals surface area contributed by atoms with Crippen molar-refractivity contribution >= 4 is 44.9 Å². The Morgan fingerprint density at radius 1 is 1.27 bits per heavy atom. The average Bonchev–Trinajstić information content (AvgIpc) is 3.53. The number of aryl methyl sites for hydroxylation is 1. The number of fused-ring (bicyclic) bond motifs is 3. The highest BCUT2D eigenvalue weighted by atomic mass is 32.2. The van der Waals surface area contributed by atoms with Crippen molar-refractivity contribution < 1.29 is 9.53 Å². The van der Waals surface area contributed by atoms with Crippen molar-refractivity contribution in [1.29, 1.82) is 0 Å². The number of hydrogen-bond donors (Lipinski definition) is 1. The van der Waals surface area contributed by atoms with Crippen molar-refractivity contribution in [2.75, 3.05) is 18.2 Å². The van der Waals surface area contributed by atoms with Crippen LogP contribution in [0.2, 0.25) is 0 Å². The zero-order valence-corrected chi connectivity index (χ0v) is 18.9. The van der Waals surface area contributed by atoms with Crippen molar-refractivity contribution in [2.45, 2.75) is 50.0 Å². The number of para-hydroxylation sites is 2. The highest BCUT2D eigenvalue weighted by molar-refractivity contribution is 8.00. The van der Waals surface area contributed by atoms with Crippen LogP contribution in [0.15, 0.2) is 29.3 Å². The van der Waals surface area contributed by atoms with E-state index < -0.39 is 0 Å². The minimum absolute atomic E-state index is 0.0537. The van der Waals surface area contributed by atoms with Crippen LogP contribution in [0.4, 0.5) is 5.69 Å². The Hall–Kier alpha value is -2.12. The van der Waals surface area contributed by atoms with Crippen LogP contribution in [0.5, 0.6) is 5.75 Å². The number of nitrogens with zero attached hydrogens (tertiary/aromatic N) is 2. The summed E-state index contributed by atoms with van der Waals surface area (Å²) < 4.78 is 5.34. The van der Waals surface area contributed by atoms with Gasteiger partial charge < -0.3 is 10.1 Å². The molecule has 3 aromatic rings. The van der Waals surface area contributed by atoms with Gasteiger partial charge in [0.2, 0.25) is 5.91 Å². The largest absolute Gasteiger partial charge is 0.495 e. The molecule has 0 saturated heterocycles. The van der Waals surface area contributed by atoms with E-state index in [9.17, 15) is 4.79 Å². The average molecular weight is 440 g/mol. The summed E-state index contributed by atoms with van der Waals surface area (Å²) in [6.07, 6.45) is 5.77. The molecule has 1 saturated carbocycles. The quantitative estimate of drug-likeness (QED) is 0.410. The lowest BCUT2D eigenvalue weighted by Gasteiger charge is -2.18. The molecular weight excluding hydrogens is 414 g/mol.